The Hall–Kier alpha value is -5.26. The van der Waals surface area contributed by atoms with Crippen LogP contribution in [-0.4, -0.2) is 12.8 Å². The van der Waals surface area contributed by atoms with E-state index in [0.29, 0.717) is 17.3 Å². The first-order valence-corrected chi connectivity index (χ1v) is 25.4. The van der Waals surface area contributed by atoms with Gasteiger partial charge in [-0.2, -0.15) is 0 Å². The molecule has 0 amide bonds. The molecule has 8 rings (SSSR count). The Labute approximate surface area is 400 Å². The summed E-state index contributed by atoms with van der Waals surface area (Å²) in [5.41, 5.74) is 12.9. The van der Waals surface area contributed by atoms with Crippen molar-refractivity contribution < 1.29 is 4.42 Å². The molecule has 0 aliphatic heterocycles. The average Bonchev–Trinajstić information content (AvgIpc) is 3.85. The van der Waals surface area contributed by atoms with Gasteiger partial charge in [0.2, 0.25) is 0 Å². The first kappa shape index (κ1) is 47.2. The summed E-state index contributed by atoms with van der Waals surface area (Å²) >= 11 is 1.97. The van der Waals surface area contributed by atoms with Crippen LogP contribution in [0.2, 0.25) is 0 Å². The highest BCUT2D eigenvalue weighted by molar-refractivity contribution is 7.30. The third-order valence-electron chi connectivity index (χ3n) is 15.4. The van der Waals surface area contributed by atoms with Gasteiger partial charge in [-0.1, -0.05) is 149 Å². The molecule has 0 bridgehead atoms. The number of hydrogen-bond donors (Lipinski definition) is 2. The lowest BCUT2D eigenvalue weighted by molar-refractivity contribution is 0.332. The van der Waals surface area contributed by atoms with Crippen LogP contribution >= 0.6 is 11.3 Å². The summed E-state index contributed by atoms with van der Waals surface area (Å²) in [5.74, 6) is 1.07. The molecule has 66 heavy (non-hydrogen) atoms. The summed E-state index contributed by atoms with van der Waals surface area (Å²) < 4.78 is 9.47. The van der Waals surface area contributed by atoms with Crippen LogP contribution in [0.4, 0.5) is 0 Å². The molecular weight excluding hydrogens is 820 g/mol. The second-order valence-electron chi connectivity index (χ2n) is 21.7. The van der Waals surface area contributed by atoms with Gasteiger partial charge in [0.05, 0.1) is 5.70 Å². The SMILES string of the molecule is C=C/C(NC1=C(B(C2=CCC(C(C)C)C=C2)c2cc3cc4c(cc3s2)C(C)(C)CCC4(C)C)C(N/C(C=C)=C/C(=C/CC)C(C)(C)CC)CC(C)=C1)=c1/oc2cc3ccccc3cc2c1=C. The van der Waals surface area contributed by atoms with E-state index in [-0.39, 0.29) is 29.0 Å². The van der Waals surface area contributed by atoms with Crippen LogP contribution in [0.1, 0.15) is 126 Å². The maximum Gasteiger partial charge on any atom is 0.254 e. The predicted octanol–water partition coefficient (Wildman–Crippen LogP) is 14.5. The van der Waals surface area contributed by atoms with E-state index in [1.165, 1.54) is 60.9 Å². The fourth-order valence-corrected chi connectivity index (χ4v) is 11.8. The van der Waals surface area contributed by atoms with Crippen LogP contribution in [-0.2, 0) is 10.8 Å². The first-order chi connectivity index (χ1) is 31.4. The Morgan fingerprint density at radius 2 is 1.65 bits per heavy atom. The number of nitrogens with one attached hydrogen (secondary N) is 2. The van der Waals surface area contributed by atoms with E-state index in [0.717, 1.165) is 69.7 Å². The van der Waals surface area contributed by atoms with E-state index in [1.54, 1.807) is 0 Å². The molecule has 3 nitrogen and oxygen atoms in total. The molecule has 0 fully saturated rings. The van der Waals surface area contributed by atoms with Crippen molar-refractivity contribution >= 4 is 66.9 Å². The fraction of sp³-hybridized carbons (Fsp3) is 0.377. The van der Waals surface area contributed by atoms with Crippen molar-refractivity contribution in [1.82, 2.24) is 10.6 Å². The van der Waals surface area contributed by atoms with Crippen LogP contribution < -0.4 is 26.0 Å². The third-order valence-corrected chi connectivity index (χ3v) is 16.6. The lowest BCUT2D eigenvalue weighted by atomic mass is 9.35. The van der Waals surface area contributed by atoms with Crippen molar-refractivity contribution in [3.8, 4) is 0 Å². The third kappa shape index (κ3) is 9.10. The maximum atomic E-state index is 6.76. The number of thiophene rings is 1. The molecule has 5 heteroatoms. The van der Waals surface area contributed by atoms with E-state index in [1.807, 2.05) is 23.5 Å². The summed E-state index contributed by atoms with van der Waals surface area (Å²) in [5, 5.41) is 13.7. The average molecular weight is 893 g/mol. The Bertz CT molecular complexity index is 2990. The summed E-state index contributed by atoms with van der Waals surface area (Å²) in [6.45, 7) is 39.3. The van der Waals surface area contributed by atoms with Crippen molar-refractivity contribution in [2.45, 2.75) is 132 Å². The zero-order valence-corrected chi connectivity index (χ0v) is 42.6. The topological polar surface area (TPSA) is 37.2 Å². The standard InChI is InChI=1S/C61H73BN2OS/c1-15-21-45(59(9,10)18-4)36-47(16-2)63-52-30-39(7)31-53(64-51(17-3)58-40(8)48-32-42-22-19-20-23-43(42)34-54(48)65-58)57(52)62(46-26-24-41(25-27-46)38(5)6)56-35-44-33-49-50(37-55(44)66-56)61(13,14)29-28-60(49,11)12/h16-17,19-24,26-27,31-38,41,52,63-64H,2-3,8,15,18,25,28-30H2,1,4-7,9-14H3/b45-21-,47-36+,58-51-. The molecule has 0 radical (unpaired) electrons. The Kier molecular flexibility index (Phi) is 13.2. The van der Waals surface area contributed by atoms with Crippen molar-refractivity contribution in [2.75, 3.05) is 0 Å². The number of fused-ring (bicyclic) bond motifs is 4. The summed E-state index contributed by atoms with van der Waals surface area (Å²) in [4.78, 5) is 0. The molecule has 3 aliphatic carbocycles. The van der Waals surface area contributed by atoms with Crippen LogP contribution in [0, 0.1) is 17.3 Å². The zero-order valence-electron chi connectivity index (χ0n) is 41.8. The monoisotopic (exact) mass is 893 g/mol. The zero-order chi connectivity index (χ0) is 47.3. The highest BCUT2D eigenvalue weighted by atomic mass is 32.1. The summed E-state index contributed by atoms with van der Waals surface area (Å²) in [7, 11) is 0. The van der Waals surface area contributed by atoms with Gasteiger partial charge < -0.3 is 15.1 Å². The van der Waals surface area contributed by atoms with Gasteiger partial charge in [0.1, 0.15) is 5.58 Å². The lowest BCUT2D eigenvalue weighted by Gasteiger charge is -2.41. The van der Waals surface area contributed by atoms with Gasteiger partial charge in [-0.3, -0.25) is 0 Å². The van der Waals surface area contributed by atoms with Gasteiger partial charge in [0.25, 0.3) is 6.71 Å². The van der Waals surface area contributed by atoms with Crippen LogP contribution in [0.3, 0.4) is 0 Å². The van der Waals surface area contributed by atoms with Crippen molar-refractivity contribution in [3.63, 3.8) is 0 Å². The van der Waals surface area contributed by atoms with Gasteiger partial charge in [0.15, 0.2) is 5.42 Å². The second kappa shape index (κ2) is 18.4. The molecule has 2 atom stereocenters. The van der Waals surface area contributed by atoms with Crippen molar-refractivity contribution in [2.24, 2.45) is 17.3 Å². The van der Waals surface area contributed by atoms with Gasteiger partial charge in [-0.25, -0.2) is 0 Å². The number of benzene rings is 3. The quantitative estimate of drug-likeness (QED) is 0.0861. The molecule has 3 aromatic carbocycles. The molecule has 2 heterocycles. The van der Waals surface area contributed by atoms with Gasteiger partial charge >= 0.3 is 0 Å². The van der Waals surface area contributed by atoms with Crippen molar-refractivity contribution in [3.05, 3.63) is 172 Å². The molecule has 3 aliphatic rings. The van der Waals surface area contributed by atoms with E-state index >= 15 is 0 Å². The van der Waals surface area contributed by atoms with E-state index < -0.39 is 0 Å². The first-order valence-electron chi connectivity index (χ1n) is 24.6. The van der Waals surface area contributed by atoms with E-state index in [2.05, 4.69) is 198 Å². The minimum atomic E-state index is -0.0565. The van der Waals surface area contributed by atoms with Gasteiger partial charge in [-0.15, -0.1) is 11.3 Å². The minimum absolute atomic E-state index is 0.0183. The molecule has 0 saturated heterocycles. The Balaban J connectivity index is 1.39. The second-order valence-corrected chi connectivity index (χ2v) is 22.8. The molecule has 5 aromatic rings. The Morgan fingerprint density at radius 1 is 0.955 bits per heavy atom. The number of hydrogen-bond acceptors (Lipinski definition) is 4. The fourth-order valence-electron chi connectivity index (χ4n) is 10.6. The smallest absolute Gasteiger partial charge is 0.254 e. The maximum absolute atomic E-state index is 6.76. The molecule has 2 unspecified atom stereocenters. The van der Waals surface area contributed by atoms with E-state index in [9.17, 15) is 0 Å². The van der Waals surface area contributed by atoms with Crippen molar-refractivity contribution in [1.29, 1.82) is 0 Å². The van der Waals surface area contributed by atoms with Gasteiger partial charge in [-0.05, 0) is 171 Å². The highest BCUT2D eigenvalue weighted by Crippen LogP contribution is 2.48. The van der Waals surface area contributed by atoms with Crippen LogP contribution in [0.25, 0.3) is 44.1 Å². The number of allylic oxidation sites excluding steroid dienone is 9. The van der Waals surface area contributed by atoms with E-state index in [4.69, 9.17) is 4.42 Å². The number of furan rings is 1. The lowest BCUT2D eigenvalue weighted by Crippen LogP contribution is -2.46. The van der Waals surface area contributed by atoms with Crippen LogP contribution in [0.15, 0.2) is 154 Å². The summed E-state index contributed by atoms with van der Waals surface area (Å²) in [6, 6.07) is 20.3. The molecule has 0 spiro atoms. The molecular formula is C61H73BN2OS. The predicted molar refractivity (Wildman–Crippen MR) is 291 cm³/mol. The summed E-state index contributed by atoms with van der Waals surface area (Å²) in [6.07, 6.45) is 24.7. The molecule has 2 aromatic heterocycles. The minimum Gasteiger partial charge on any atom is -0.454 e. The normalized spacial score (nSPS) is 20.4. The van der Waals surface area contributed by atoms with Gasteiger partial charge in [0, 0.05) is 32.7 Å². The molecule has 342 valence electrons. The number of rotatable bonds is 14. The largest absolute Gasteiger partial charge is 0.454 e. The highest BCUT2D eigenvalue weighted by Gasteiger charge is 2.40. The van der Waals surface area contributed by atoms with Crippen LogP contribution in [0.5, 0.6) is 0 Å². The molecule has 0 saturated carbocycles. The molecule has 2 N–H and O–H groups in total. The Morgan fingerprint density at radius 3 is 2.27 bits per heavy atom.